The van der Waals surface area contributed by atoms with Crippen molar-refractivity contribution >= 4 is 10.9 Å². The van der Waals surface area contributed by atoms with Crippen LogP contribution in [-0.4, -0.2) is 10.1 Å². The molecule has 1 atom stereocenters. The van der Waals surface area contributed by atoms with E-state index in [-0.39, 0.29) is 5.41 Å². The molecule has 3 aromatic rings. The summed E-state index contributed by atoms with van der Waals surface area (Å²) < 4.78 is 0. The number of hydrogen-bond acceptors (Lipinski definition) is 1. The van der Waals surface area contributed by atoms with Crippen LogP contribution in [0.2, 0.25) is 0 Å². The quantitative estimate of drug-likeness (QED) is 0.689. The van der Waals surface area contributed by atoms with Gasteiger partial charge in [0.05, 0.1) is 0 Å². The van der Waals surface area contributed by atoms with Crippen molar-refractivity contribution in [1.29, 1.82) is 0 Å². The Hall–Kier alpha value is -2.22. The number of aryl methyl sites for hydroxylation is 1. The number of hydrogen-bond donors (Lipinski definition) is 2. The summed E-state index contributed by atoms with van der Waals surface area (Å²) >= 11 is 0. The lowest BCUT2D eigenvalue weighted by atomic mass is 9.68. The van der Waals surface area contributed by atoms with Gasteiger partial charge in [-0.1, -0.05) is 50.6 Å². The number of aromatic amines is 1. The lowest BCUT2D eigenvalue weighted by Crippen LogP contribution is -2.29. The number of phenols is 1. The first kappa shape index (κ1) is 14.7. The van der Waals surface area contributed by atoms with Gasteiger partial charge in [-0.3, -0.25) is 0 Å². The predicted octanol–water partition coefficient (Wildman–Crippen LogP) is 5.14. The van der Waals surface area contributed by atoms with Crippen LogP contribution in [0.25, 0.3) is 10.9 Å². The zero-order chi connectivity index (χ0) is 15.9. The minimum Gasteiger partial charge on any atom is -0.508 e. The number of aromatic nitrogens is 1. The van der Waals surface area contributed by atoms with Gasteiger partial charge in [0, 0.05) is 28.6 Å². The molecule has 3 rings (SSSR count). The Morgan fingerprint density at radius 3 is 2.36 bits per heavy atom. The van der Waals surface area contributed by atoms with E-state index in [4.69, 9.17) is 0 Å². The second-order valence-electron chi connectivity index (χ2n) is 6.66. The van der Waals surface area contributed by atoms with Gasteiger partial charge in [-0.2, -0.15) is 0 Å². The fraction of sp³-hybridized carbons (Fsp3) is 0.300. The van der Waals surface area contributed by atoms with E-state index in [1.165, 1.54) is 22.1 Å². The van der Waals surface area contributed by atoms with E-state index < -0.39 is 0 Å². The summed E-state index contributed by atoms with van der Waals surface area (Å²) in [4.78, 5) is 3.31. The van der Waals surface area contributed by atoms with E-state index in [0.29, 0.717) is 11.7 Å². The second kappa shape index (κ2) is 5.20. The van der Waals surface area contributed by atoms with Gasteiger partial charge in [0.15, 0.2) is 0 Å². The minimum absolute atomic E-state index is 0.0804. The first-order chi connectivity index (χ1) is 10.4. The molecule has 2 heteroatoms. The number of H-pyrrole nitrogens is 1. The van der Waals surface area contributed by atoms with Crippen LogP contribution in [0.1, 0.15) is 37.5 Å². The fourth-order valence-electron chi connectivity index (χ4n) is 3.24. The van der Waals surface area contributed by atoms with Gasteiger partial charge in [0.25, 0.3) is 0 Å². The highest BCUT2D eigenvalue weighted by molar-refractivity contribution is 5.86. The number of fused-ring (bicyclic) bond motifs is 1. The first-order valence-electron chi connectivity index (χ1n) is 7.80. The van der Waals surface area contributed by atoms with Crippen LogP contribution in [0.4, 0.5) is 0 Å². The van der Waals surface area contributed by atoms with Crippen LogP contribution < -0.4 is 0 Å². The lowest BCUT2D eigenvalue weighted by molar-refractivity contribution is 0.408. The van der Waals surface area contributed by atoms with Crippen LogP contribution in [-0.2, 0) is 5.41 Å². The molecule has 0 bridgehead atoms. The molecule has 1 aromatic heterocycles. The standard InChI is InChI=1S/C20H23NO/c1-13(2)20(4,15-7-5-14(3)6-8-15)18-12-21-19-11-16(22)9-10-17(18)19/h5-13,21-22H,1-4H3. The molecular weight excluding hydrogens is 270 g/mol. The maximum absolute atomic E-state index is 9.68. The van der Waals surface area contributed by atoms with Gasteiger partial charge in [0.2, 0.25) is 0 Å². The van der Waals surface area contributed by atoms with E-state index in [0.717, 1.165) is 5.52 Å². The number of phenolic OH excluding ortho intramolecular Hbond substituents is 1. The van der Waals surface area contributed by atoms with Crippen LogP contribution in [0.15, 0.2) is 48.7 Å². The van der Waals surface area contributed by atoms with Crippen molar-refractivity contribution in [2.45, 2.75) is 33.1 Å². The third kappa shape index (κ3) is 2.19. The summed E-state index contributed by atoms with van der Waals surface area (Å²) in [5.41, 5.74) is 4.78. The molecule has 0 saturated heterocycles. The van der Waals surface area contributed by atoms with Crippen LogP contribution in [0, 0.1) is 12.8 Å². The van der Waals surface area contributed by atoms with E-state index in [1.807, 2.05) is 6.07 Å². The monoisotopic (exact) mass is 293 g/mol. The molecule has 1 heterocycles. The molecule has 0 fully saturated rings. The van der Waals surface area contributed by atoms with E-state index >= 15 is 0 Å². The van der Waals surface area contributed by atoms with Crippen molar-refractivity contribution in [3.05, 3.63) is 65.4 Å². The molecule has 2 N–H and O–H groups in total. The summed E-state index contributed by atoms with van der Waals surface area (Å²) in [7, 11) is 0. The average Bonchev–Trinajstić information content (AvgIpc) is 2.90. The topological polar surface area (TPSA) is 36.0 Å². The van der Waals surface area contributed by atoms with Crippen LogP contribution >= 0.6 is 0 Å². The SMILES string of the molecule is Cc1ccc(C(C)(c2c[nH]c3cc(O)ccc23)C(C)C)cc1. The summed E-state index contributed by atoms with van der Waals surface area (Å²) in [6.07, 6.45) is 2.09. The van der Waals surface area contributed by atoms with Gasteiger partial charge < -0.3 is 10.1 Å². The summed E-state index contributed by atoms with van der Waals surface area (Å²) in [5, 5.41) is 10.9. The van der Waals surface area contributed by atoms with Gasteiger partial charge >= 0.3 is 0 Å². The number of benzene rings is 2. The van der Waals surface area contributed by atoms with Crippen molar-refractivity contribution in [2.75, 3.05) is 0 Å². The van der Waals surface area contributed by atoms with Gasteiger partial charge in [-0.15, -0.1) is 0 Å². The summed E-state index contributed by atoms with van der Waals surface area (Å²) in [5.74, 6) is 0.741. The van der Waals surface area contributed by atoms with Crippen molar-refractivity contribution in [1.82, 2.24) is 4.98 Å². The molecule has 0 amide bonds. The molecule has 2 aromatic carbocycles. The maximum Gasteiger partial charge on any atom is 0.117 e. The third-order valence-electron chi connectivity index (χ3n) is 5.03. The van der Waals surface area contributed by atoms with Crippen molar-refractivity contribution < 1.29 is 5.11 Å². The normalized spacial score (nSPS) is 14.4. The molecule has 0 spiro atoms. The Balaban J connectivity index is 2.23. The molecular formula is C20H23NO. The Morgan fingerprint density at radius 1 is 1.05 bits per heavy atom. The maximum atomic E-state index is 9.68. The molecule has 2 nitrogen and oxygen atoms in total. The predicted molar refractivity (Wildman–Crippen MR) is 92.4 cm³/mol. The Bertz CT molecular complexity index is 798. The number of aromatic hydroxyl groups is 1. The van der Waals surface area contributed by atoms with Crippen molar-refractivity contribution in [3.8, 4) is 5.75 Å². The van der Waals surface area contributed by atoms with E-state index in [2.05, 4.69) is 63.1 Å². The summed E-state index contributed by atoms with van der Waals surface area (Å²) in [6, 6.07) is 14.4. The Kier molecular flexibility index (Phi) is 3.48. The zero-order valence-corrected chi connectivity index (χ0v) is 13.6. The Labute approximate surface area is 131 Å². The Morgan fingerprint density at radius 2 is 1.73 bits per heavy atom. The van der Waals surface area contributed by atoms with E-state index in [1.54, 1.807) is 12.1 Å². The molecule has 0 radical (unpaired) electrons. The largest absolute Gasteiger partial charge is 0.508 e. The molecule has 1 unspecified atom stereocenters. The van der Waals surface area contributed by atoms with Crippen molar-refractivity contribution in [2.24, 2.45) is 5.92 Å². The van der Waals surface area contributed by atoms with Crippen molar-refractivity contribution in [3.63, 3.8) is 0 Å². The number of rotatable bonds is 3. The third-order valence-corrected chi connectivity index (χ3v) is 5.03. The molecule has 0 aliphatic heterocycles. The highest BCUT2D eigenvalue weighted by atomic mass is 16.3. The van der Waals surface area contributed by atoms with E-state index in [9.17, 15) is 5.11 Å². The molecule has 0 saturated carbocycles. The van der Waals surface area contributed by atoms with Crippen LogP contribution in [0.5, 0.6) is 5.75 Å². The van der Waals surface area contributed by atoms with Crippen LogP contribution in [0.3, 0.4) is 0 Å². The highest BCUT2D eigenvalue weighted by Crippen LogP contribution is 2.42. The average molecular weight is 293 g/mol. The summed E-state index contributed by atoms with van der Waals surface area (Å²) in [6.45, 7) is 8.95. The second-order valence-corrected chi connectivity index (χ2v) is 6.66. The van der Waals surface area contributed by atoms with Gasteiger partial charge in [-0.05, 0) is 36.1 Å². The fourth-order valence-corrected chi connectivity index (χ4v) is 3.24. The molecule has 114 valence electrons. The molecule has 0 aliphatic carbocycles. The zero-order valence-electron chi connectivity index (χ0n) is 13.6. The van der Waals surface area contributed by atoms with Gasteiger partial charge in [0.1, 0.15) is 5.75 Å². The lowest BCUT2D eigenvalue weighted by Gasteiger charge is -2.35. The molecule has 22 heavy (non-hydrogen) atoms. The minimum atomic E-state index is -0.0804. The van der Waals surface area contributed by atoms with Gasteiger partial charge in [-0.25, -0.2) is 0 Å². The highest BCUT2D eigenvalue weighted by Gasteiger charge is 2.34. The first-order valence-corrected chi connectivity index (χ1v) is 7.80. The number of nitrogens with one attached hydrogen (secondary N) is 1. The smallest absolute Gasteiger partial charge is 0.117 e. The molecule has 0 aliphatic rings.